The molecule has 2 N–H and O–H groups in total. The van der Waals surface area contributed by atoms with Crippen molar-refractivity contribution in [3.63, 3.8) is 0 Å². The molecule has 1 heterocycles. The van der Waals surface area contributed by atoms with E-state index in [9.17, 15) is 14.4 Å². The summed E-state index contributed by atoms with van der Waals surface area (Å²) in [5, 5.41) is 11.6. The van der Waals surface area contributed by atoms with Gasteiger partial charge in [-0.25, -0.2) is 9.59 Å². The number of aromatic carboxylic acids is 1. The van der Waals surface area contributed by atoms with E-state index in [2.05, 4.69) is 21.2 Å². The second kappa shape index (κ2) is 9.65. The molecule has 8 nitrogen and oxygen atoms in total. The molecule has 1 saturated heterocycles. The number of rotatable bonds is 8. The quantitative estimate of drug-likeness (QED) is 0.429. The van der Waals surface area contributed by atoms with Crippen molar-refractivity contribution >= 4 is 39.9 Å². The molecule has 0 saturated carbocycles. The zero-order valence-electron chi connectivity index (χ0n) is 17.0. The zero-order valence-corrected chi connectivity index (χ0v) is 18.6. The van der Waals surface area contributed by atoms with Crippen LogP contribution in [0.25, 0.3) is 6.08 Å². The van der Waals surface area contributed by atoms with Crippen molar-refractivity contribution in [2.75, 3.05) is 13.7 Å². The van der Waals surface area contributed by atoms with Crippen molar-refractivity contribution in [3.8, 4) is 11.5 Å². The molecule has 0 bridgehead atoms. The predicted octanol–water partition coefficient (Wildman–Crippen LogP) is 4.04. The third-order valence-corrected chi connectivity index (χ3v) is 5.15. The summed E-state index contributed by atoms with van der Waals surface area (Å²) in [6.45, 7) is 2.45. The summed E-state index contributed by atoms with van der Waals surface area (Å²) in [5.74, 6) is -0.463. The predicted molar refractivity (Wildman–Crippen MR) is 117 cm³/mol. The molecule has 0 aromatic heterocycles. The van der Waals surface area contributed by atoms with Gasteiger partial charge in [0.1, 0.15) is 12.3 Å². The summed E-state index contributed by atoms with van der Waals surface area (Å²) < 4.78 is 11.9. The lowest BCUT2D eigenvalue weighted by Gasteiger charge is -2.14. The Morgan fingerprint density at radius 1 is 1.23 bits per heavy atom. The number of nitrogens with one attached hydrogen (secondary N) is 1. The Morgan fingerprint density at radius 2 is 1.94 bits per heavy atom. The maximum absolute atomic E-state index is 12.4. The summed E-state index contributed by atoms with van der Waals surface area (Å²) in [6, 6.07) is 9.40. The molecular weight excluding hydrogens is 468 g/mol. The molecule has 3 amide bonds. The minimum absolute atomic E-state index is 0.194. The molecule has 9 heteroatoms. The van der Waals surface area contributed by atoms with Crippen molar-refractivity contribution in [1.29, 1.82) is 0 Å². The first-order valence-electron chi connectivity index (χ1n) is 9.51. The van der Waals surface area contributed by atoms with E-state index in [1.165, 1.54) is 24.1 Å². The number of methoxy groups -OCH3 is 1. The second-order valence-corrected chi connectivity index (χ2v) is 7.62. The lowest BCUT2D eigenvalue weighted by molar-refractivity contribution is -0.122. The number of hydrogen-bond acceptors (Lipinski definition) is 5. The number of carboxylic acid groups (broad SMARTS) is 1. The van der Waals surface area contributed by atoms with Gasteiger partial charge >= 0.3 is 12.0 Å². The average molecular weight is 489 g/mol. The van der Waals surface area contributed by atoms with Gasteiger partial charge in [0.2, 0.25) is 0 Å². The monoisotopic (exact) mass is 488 g/mol. The Hall–Kier alpha value is -3.33. The summed E-state index contributed by atoms with van der Waals surface area (Å²) in [4.78, 5) is 36.5. The number of benzene rings is 2. The summed E-state index contributed by atoms with van der Waals surface area (Å²) >= 11 is 3.46. The molecule has 1 fully saturated rings. The Bertz CT molecular complexity index is 1050. The smallest absolute Gasteiger partial charge is 0.335 e. The molecule has 0 aliphatic carbocycles. The molecule has 162 valence electrons. The number of imide groups is 1. The van der Waals surface area contributed by atoms with Gasteiger partial charge in [-0.15, -0.1) is 0 Å². The van der Waals surface area contributed by atoms with Crippen LogP contribution in [-0.2, 0) is 11.4 Å². The van der Waals surface area contributed by atoms with Crippen LogP contribution in [0.5, 0.6) is 11.5 Å². The van der Waals surface area contributed by atoms with E-state index < -0.39 is 12.0 Å². The highest BCUT2D eigenvalue weighted by molar-refractivity contribution is 9.10. The minimum Gasteiger partial charge on any atom is -0.493 e. The van der Waals surface area contributed by atoms with Gasteiger partial charge in [-0.1, -0.05) is 19.1 Å². The van der Waals surface area contributed by atoms with Gasteiger partial charge in [-0.05, 0) is 63.8 Å². The number of nitrogens with zero attached hydrogens (tertiary/aromatic N) is 1. The first kappa shape index (κ1) is 22.4. The highest BCUT2D eigenvalue weighted by Gasteiger charge is 2.32. The van der Waals surface area contributed by atoms with E-state index in [-0.39, 0.29) is 23.8 Å². The number of carboxylic acids is 1. The van der Waals surface area contributed by atoms with E-state index in [4.69, 9.17) is 14.6 Å². The number of carbonyl (C=O) groups excluding carboxylic acids is 2. The van der Waals surface area contributed by atoms with Gasteiger partial charge in [0.15, 0.2) is 11.5 Å². The molecule has 1 aliphatic heterocycles. The maximum atomic E-state index is 12.4. The van der Waals surface area contributed by atoms with Crippen molar-refractivity contribution < 1.29 is 29.0 Å². The van der Waals surface area contributed by atoms with Crippen LogP contribution in [0.4, 0.5) is 4.79 Å². The Kier molecular flexibility index (Phi) is 6.96. The maximum Gasteiger partial charge on any atom is 0.335 e. The minimum atomic E-state index is -0.990. The first-order chi connectivity index (χ1) is 14.8. The van der Waals surface area contributed by atoms with Crippen LogP contribution in [0.2, 0.25) is 0 Å². The van der Waals surface area contributed by atoms with Gasteiger partial charge in [0.05, 0.1) is 17.1 Å². The van der Waals surface area contributed by atoms with Crippen molar-refractivity contribution in [1.82, 2.24) is 10.2 Å². The number of amides is 3. The standard InChI is InChI=1S/C22H21BrN2O6/c1-3-8-25-20(26)17(24-22(25)29)10-14-9-16(23)19(18(11-14)30-2)31-12-13-4-6-15(7-5-13)21(27)28/h4-7,9-11H,3,8,12H2,1-2H3,(H,24,29)(H,27,28)/b17-10+. The SMILES string of the molecule is CCCN1C(=O)N/C(=C/c2cc(Br)c(OCc3ccc(C(=O)O)cc3)c(OC)c2)C1=O. The molecule has 0 spiro atoms. The molecule has 2 aromatic rings. The summed E-state index contributed by atoms with van der Waals surface area (Å²) in [5.41, 5.74) is 1.83. The molecule has 0 atom stereocenters. The van der Waals surface area contributed by atoms with Gasteiger partial charge in [-0.3, -0.25) is 9.69 Å². The zero-order chi connectivity index (χ0) is 22.5. The van der Waals surface area contributed by atoms with E-state index in [1.54, 1.807) is 30.3 Å². The Labute approximate surface area is 187 Å². The number of halogens is 1. The van der Waals surface area contributed by atoms with E-state index in [0.717, 1.165) is 5.56 Å². The van der Waals surface area contributed by atoms with Crippen LogP contribution < -0.4 is 14.8 Å². The molecular formula is C22H21BrN2O6. The molecule has 3 rings (SSSR count). The van der Waals surface area contributed by atoms with Crippen LogP contribution in [-0.4, -0.2) is 41.6 Å². The Morgan fingerprint density at radius 3 is 2.55 bits per heavy atom. The lowest BCUT2D eigenvalue weighted by Crippen LogP contribution is -2.31. The van der Waals surface area contributed by atoms with E-state index >= 15 is 0 Å². The highest BCUT2D eigenvalue weighted by atomic mass is 79.9. The van der Waals surface area contributed by atoms with E-state index in [0.29, 0.717) is 34.5 Å². The van der Waals surface area contributed by atoms with Gasteiger partial charge in [0.25, 0.3) is 5.91 Å². The van der Waals surface area contributed by atoms with Crippen LogP contribution >= 0.6 is 15.9 Å². The number of hydrogen-bond donors (Lipinski definition) is 2. The van der Waals surface area contributed by atoms with Crippen molar-refractivity contribution in [3.05, 3.63) is 63.3 Å². The number of carbonyl (C=O) groups is 3. The highest BCUT2D eigenvalue weighted by Crippen LogP contribution is 2.38. The fourth-order valence-electron chi connectivity index (χ4n) is 3.03. The van der Waals surface area contributed by atoms with Crippen LogP contribution in [0.15, 0.2) is 46.6 Å². The Balaban J connectivity index is 1.79. The third-order valence-electron chi connectivity index (χ3n) is 4.56. The lowest BCUT2D eigenvalue weighted by atomic mass is 10.1. The van der Waals surface area contributed by atoms with Crippen molar-refractivity contribution in [2.24, 2.45) is 0 Å². The first-order valence-corrected chi connectivity index (χ1v) is 10.3. The average Bonchev–Trinajstić information content (AvgIpc) is 3.00. The number of ether oxygens (including phenoxy) is 2. The second-order valence-electron chi connectivity index (χ2n) is 6.77. The van der Waals surface area contributed by atoms with Crippen LogP contribution in [0.3, 0.4) is 0 Å². The largest absolute Gasteiger partial charge is 0.493 e. The molecule has 0 radical (unpaired) electrons. The topological polar surface area (TPSA) is 105 Å². The fraction of sp³-hybridized carbons (Fsp3) is 0.227. The third kappa shape index (κ3) is 5.05. The molecule has 31 heavy (non-hydrogen) atoms. The summed E-state index contributed by atoms with van der Waals surface area (Å²) in [7, 11) is 1.50. The van der Waals surface area contributed by atoms with Crippen LogP contribution in [0.1, 0.15) is 34.8 Å². The molecule has 2 aromatic carbocycles. The van der Waals surface area contributed by atoms with Gasteiger partial charge in [0, 0.05) is 6.54 Å². The normalized spacial score (nSPS) is 14.7. The number of urea groups is 1. The van der Waals surface area contributed by atoms with E-state index in [1.807, 2.05) is 6.92 Å². The molecule has 1 aliphatic rings. The summed E-state index contributed by atoms with van der Waals surface area (Å²) in [6.07, 6.45) is 2.26. The van der Waals surface area contributed by atoms with Crippen LogP contribution in [0, 0.1) is 0 Å². The van der Waals surface area contributed by atoms with Gasteiger partial charge in [-0.2, -0.15) is 0 Å². The fourth-order valence-corrected chi connectivity index (χ4v) is 3.60. The molecule has 0 unspecified atom stereocenters. The van der Waals surface area contributed by atoms with Gasteiger partial charge < -0.3 is 19.9 Å². The van der Waals surface area contributed by atoms with Crippen molar-refractivity contribution in [2.45, 2.75) is 20.0 Å².